The van der Waals surface area contributed by atoms with Crippen molar-refractivity contribution in [2.24, 2.45) is 0 Å². The van der Waals surface area contributed by atoms with Gasteiger partial charge in [0.25, 0.3) is 0 Å². The summed E-state index contributed by atoms with van der Waals surface area (Å²) >= 11 is 0. The van der Waals surface area contributed by atoms with Gasteiger partial charge in [-0.25, -0.2) is 0 Å². The Morgan fingerprint density at radius 2 is 2.31 bits per heavy atom. The van der Waals surface area contributed by atoms with Crippen LogP contribution in [0.25, 0.3) is 0 Å². The molecule has 2 rings (SSSR count). The predicted molar refractivity (Wildman–Crippen MR) is 47.9 cm³/mol. The van der Waals surface area contributed by atoms with Crippen LogP contribution in [0.5, 0.6) is 0 Å². The van der Waals surface area contributed by atoms with Crippen molar-refractivity contribution in [1.29, 1.82) is 0 Å². The second-order valence-electron chi connectivity index (χ2n) is 3.26. The molecule has 1 aromatic heterocycles. The van der Waals surface area contributed by atoms with Crippen LogP contribution in [0, 0.1) is 0 Å². The van der Waals surface area contributed by atoms with E-state index in [-0.39, 0.29) is 6.10 Å². The van der Waals surface area contributed by atoms with E-state index in [9.17, 15) is 5.11 Å². The minimum absolute atomic E-state index is 0.0232. The highest BCUT2D eigenvalue weighted by molar-refractivity contribution is 5.07. The van der Waals surface area contributed by atoms with Crippen LogP contribution in [-0.2, 0) is 4.74 Å². The smallest absolute Gasteiger partial charge is 0.155 e. The summed E-state index contributed by atoms with van der Waals surface area (Å²) in [6.45, 7) is 0. The molecule has 0 saturated carbocycles. The first-order valence-electron chi connectivity index (χ1n) is 4.61. The van der Waals surface area contributed by atoms with Crippen LogP contribution in [0.4, 0.5) is 0 Å². The van der Waals surface area contributed by atoms with Crippen LogP contribution < -0.4 is 0 Å². The highest BCUT2D eigenvalue weighted by atomic mass is 16.6. The minimum atomic E-state index is -0.610. The molecule has 2 atom stereocenters. The molecule has 2 heterocycles. The third-order valence-electron chi connectivity index (χ3n) is 2.26. The molecule has 1 aliphatic heterocycles. The number of ether oxygens (including phenoxy) is 1. The third kappa shape index (κ3) is 2.05. The van der Waals surface area contributed by atoms with E-state index < -0.39 is 6.29 Å². The number of hydrogen-bond donors (Lipinski definition) is 1. The largest absolute Gasteiger partial charge is 0.368 e. The van der Waals surface area contributed by atoms with Crippen LogP contribution in [0.15, 0.2) is 24.4 Å². The lowest BCUT2D eigenvalue weighted by atomic mass is 10.1. The summed E-state index contributed by atoms with van der Waals surface area (Å²) in [6.07, 6.45) is 3.81. The predicted octanol–water partition coefficient (Wildman–Crippen LogP) is 1.64. The molecule has 0 aromatic carbocycles. The van der Waals surface area contributed by atoms with Gasteiger partial charge in [0, 0.05) is 6.20 Å². The Labute approximate surface area is 77.4 Å². The average molecular weight is 179 g/mol. The van der Waals surface area contributed by atoms with Gasteiger partial charge in [0.15, 0.2) is 6.29 Å². The van der Waals surface area contributed by atoms with Crippen molar-refractivity contribution in [2.75, 3.05) is 0 Å². The lowest BCUT2D eigenvalue weighted by molar-refractivity contribution is -0.165. The Balaban J connectivity index is 2.08. The van der Waals surface area contributed by atoms with Crippen molar-refractivity contribution >= 4 is 0 Å². The standard InChI is InChI=1S/C10H13NO2/c12-10-6-3-5-9(13-10)8-4-1-2-7-11-8/h1-2,4,7,9-10,12H,3,5-6H2. The summed E-state index contributed by atoms with van der Waals surface area (Å²) in [5.74, 6) is 0. The van der Waals surface area contributed by atoms with E-state index in [1.807, 2.05) is 18.2 Å². The van der Waals surface area contributed by atoms with E-state index >= 15 is 0 Å². The fraction of sp³-hybridized carbons (Fsp3) is 0.500. The van der Waals surface area contributed by atoms with E-state index in [0.717, 1.165) is 25.0 Å². The molecule has 1 fully saturated rings. The minimum Gasteiger partial charge on any atom is -0.368 e. The molecule has 1 N–H and O–H groups in total. The van der Waals surface area contributed by atoms with Crippen LogP contribution in [0.2, 0.25) is 0 Å². The molecule has 13 heavy (non-hydrogen) atoms. The molecule has 0 bridgehead atoms. The molecule has 0 spiro atoms. The van der Waals surface area contributed by atoms with E-state index in [1.54, 1.807) is 6.20 Å². The fourth-order valence-corrected chi connectivity index (χ4v) is 1.59. The zero-order chi connectivity index (χ0) is 9.10. The van der Waals surface area contributed by atoms with Gasteiger partial charge in [-0.15, -0.1) is 0 Å². The van der Waals surface area contributed by atoms with E-state index in [0.29, 0.717) is 0 Å². The van der Waals surface area contributed by atoms with Crippen molar-refractivity contribution in [3.63, 3.8) is 0 Å². The second-order valence-corrected chi connectivity index (χ2v) is 3.26. The summed E-state index contributed by atoms with van der Waals surface area (Å²) in [6, 6.07) is 5.75. The van der Waals surface area contributed by atoms with Gasteiger partial charge in [0.2, 0.25) is 0 Å². The van der Waals surface area contributed by atoms with Gasteiger partial charge < -0.3 is 9.84 Å². The first kappa shape index (κ1) is 8.66. The molecular weight excluding hydrogens is 166 g/mol. The van der Waals surface area contributed by atoms with E-state index in [2.05, 4.69) is 4.98 Å². The molecule has 2 unspecified atom stereocenters. The van der Waals surface area contributed by atoms with E-state index in [1.165, 1.54) is 0 Å². The van der Waals surface area contributed by atoms with Crippen molar-refractivity contribution < 1.29 is 9.84 Å². The summed E-state index contributed by atoms with van der Waals surface area (Å²) in [4.78, 5) is 4.20. The zero-order valence-corrected chi connectivity index (χ0v) is 7.39. The van der Waals surface area contributed by atoms with Gasteiger partial charge in [-0.1, -0.05) is 6.07 Å². The Kier molecular flexibility index (Phi) is 2.57. The van der Waals surface area contributed by atoms with Crippen LogP contribution in [0.1, 0.15) is 31.1 Å². The zero-order valence-electron chi connectivity index (χ0n) is 7.39. The quantitative estimate of drug-likeness (QED) is 0.712. The number of aromatic nitrogens is 1. The SMILES string of the molecule is OC1CCCC(c2ccccn2)O1. The number of rotatable bonds is 1. The lowest BCUT2D eigenvalue weighted by Crippen LogP contribution is -2.22. The average Bonchev–Trinajstić information content (AvgIpc) is 2.19. The molecule has 3 heteroatoms. The molecule has 1 aromatic rings. The molecule has 70 valence electrons. The first-order chi connectivity index (χ1) is 6.36. The summed E-state index contributed by atoms with van der Waals surface area (Å²) in [5, 5.41) is 9.29. The number of aliphatic hydroxyl groups is 1. The molecule has 1 saturated heterocycles. The Bertz CT molecular complexity index is 263. The van der Waals surface area contributed by atoms with Gasteiger partial charge in [-0.2, -0.15) is 0 Å². The Morgan fingerprint density at radius 3 is 3.00 bits per heavy atom. The maximum absolute atomic E-state index is 9.29. The second kappa shape index (κ2) is 3.85. The first-order valence-corrected chi connectivity index (χ1v) is 4.61. The van der Waals surface area contributed by atoms with Crippen LogP contribution in [-0.4, -0.2) is 16.4 Å². The number of nitrogens with zero attached hydrogens (tertiary/aromatic N) is 1. The number of pyridine rings is 1. The van der Waals surface area contributed by atoms with Crippen molar-refractivity contribution in [2.45, 2.75) is 31.7 Å². The van der Waals surface area contributed by atoms with Crippen molar-refractivity contribution in [1.82, 2.24) is 4.98 Å². The maximum atomic E-state index is 9.29. The highest BCUT2D eigenvalue weighted by Crippen LogP contribution is 2.28. The maximum Gasteiger partial charge on any atom is 0.155 e. The lowest BCUT2D eigenvalue weighted by Gasteiger charge is -2.26. The molecular formula is C10H13NO2. The summed E-state index contributed by atoms with van der Waals surface area (Å²) < 4.78 is 5.37. The highest BCUT2D eigenvalue weighted by Gasteiger charge is 2.22. The topological polar surface area (TPSA) is 42.4 Å². The van der Waals surface area contributed by atoms with Crippen molar-refractivity contribution in [3.8, 4) is 0 Å². The van der Waals surface area contributed by atoms with Crippen LogP contribution >= 0.6 is 0 Å². The fourth-order valence-electron chi connectivity index (χ4n) is 1.59. The van der Waals surface area contributed by atoms with Gasteiger partial charge >= 0.3 is 0 Å². The Morgan fingerprint density at radius 1 is 1.38 bits per heavy atom. The van der Waals surface area contributed by atoms with Crippen LogP contribution in [0.3, 0.4) is 0 Å². The van der Waals surface area contributed by atoms with Crippen molar-refractivity contribution in [3.05, 3.63) is 30.1 Å². The van der Waals surface area contributed by atoms with Gasteiger partial charge in [-0.05, 0) is 31.4 Å². The molecule has 0 radical (unpaired) electrons. The third-order valence-corrected chi connectivity index (χ3v) is 2.26. The van der Waals surface area contributed by atoms with E-state index in [4.69, 9.17) is 4.74 Å². The molecule has 0 amide bonds. The monoisotopic (exact) mass is 179 g/mol. The number of aliphatic hydroxyl groups excluding tert-OH is 1. The normalized spacial score (nSPS) is 28.7. The van der Waals surface area contributed by atoms with Gasteiger partial charge in [0.05, 0.1) is 5.69 Å². The summed E-state index contributed by atoms with van der Waals surface area (Å²) in [7, 11) is 0. The Hall–Kier alpha value is -0.930. The van der Waals surface area contributed by atoms with Gasteiger partial charge in [-0.3, -0.25) is 4.98 Å². The summed E-state index contributed by atoms with van der Waals surface area (Å²) in [5.41, 5.74) is 0.918. The number of hydrogen-bond acceptors (Lipinski definition) is 3. The molecule has 1 aliphatic rings. The molecule has 3 nitrogen and oxygen atoms in total. The van der Waals surface area contributed by atoms with Gasteiger partial charge in [0.1, 0.15) is 6.10 Å². The molecule has 0 aliphatic carbocycles.